The van der Waals surface area contributed by atoms with Gasteiger partial charge in [0.05, 0.1) is 0 Å². The Morgan fingerprint density at radius 3 is 1.46 bits per heavy atom. The van der Waals surface area contributed by atoms with Crippen LogP contribution in [0.1, 0.15) is 0 Å². The summed E-state index contributed by atoms with van der Waals surface area (Å²) in [4.78, 5) is 0. The van der Waals surface area contributed by atoms with Crippen molar-refractivity contribution in [3.05, 3.63) is 37.1 Å². The van der Waals surface area contributed by atoms with Crippen LogP contribution in [0, 0.1) is 0 Å². The summed E-state index contributed by atoms with van der Waals surface area (Å²) < 4.78 is 4.36. The first-order valence-electron chi connectivity index (χ1n) is 3.59. The first-order valence-corrected chi connectivity index (χ1v) is 3.59. The van der Waals surface area contributed by atoms with Crippen LogP contribution in [-0.4, -0.2) is 10.2 Å². The molecule has 0 radical (unpaired) electrons. The molecule has 1 aromatic heterocycles. The Hall–Kier alpha value is -2.04. The molecule has 0 unspecified atom stereocenters. The van der Waals surface area contributed by atoms with Gasteiger partial charge in [0.2, 0.25) is 12.8 Å². The van der Waals surface area contributed by atoms with E-state index in [1.165, 1.54) is 12.8 Å². The summed E-state index contributed by atoms with van der Waals surface area (Å²) in [7, 11) is 0. The predicted octanol–water partition coefficient (Wildman–Crippen LogP) is 0.921. The molecule has 2 aromatic rings. The van der Waals surface area contributed by atoms with Gasteiger partial charge in [0, 0.05) is 11.4 Å². The molecular formula is C8H10N4O. The average molecular weight is 178 g/mol. The topological polar surface area (TPSA) is 91.0 Å². The number of hydrogen-bond donors (Lipinski definition) is 2. The van der Waals surface area contributed by atoms with E-state index in [1.807, 2.05) is 0 Å². The third-order valence-corrected chi connectivity index (χ3v) is 1.22. The van der Waals surface area contributed by atoms with Crippen LogP contribution >= 0.6 is 0 Å². The lowest BCUT2D eigenvalue weighted by atomic mass is 10.3. The Morgan fingerprint density at radius 2 is 1.23 bits per heavy atom. The minimum Gasteiger partial charge on any atom is -0.431 e. The Kier molecular flexibility index (Phi) is 3.31. The molecule has 0 aliphatic carbocycles. The molecule has 2 rings (SSSR count). The summed E-state index contributed by atoms with van der Waals surface area (Å²) in [6.07, 6.45) is 2.53. The molecule has 0 aliphatic heterocycles. The van der Waals surface area contributed by atoms with Gasteiger partial charge in [-0.15, -0.1) is 10.2 Å². The van der Waals surface area contributed by atoms with E-state index in [2.05, 4.69) is 14.6 Å². The van der Waals surface area contributed by atoms with Gasteiger partial charge in [0.15, 0.2) is 0 Å². The van der Waals surface area contributed by atoms with Crippen molar-refractivity contribution in [2.45, 2.75) is 0 Å². The number of nitrogens with zero attached hydrogens (tertiary/aromatic N) is 2. The first kappa shape index (κ1) is 9.05. The summed E-state index contributed by atoms with van der Waals surface area (Å²) in [5, 5.41) is 6.61. The smallest absolute Gasteiger partial charge is 0.203 e. The Labute approximate surface area is 75.4 Å². The number of hydrogen-bond acceptors (Lipinski definition) is 5. The maximum absolute atomic E-state index is 5.37. The van der Waals surface area contributed by atoms with Crippen molar-refractivity contribution in [1.29, 1.82) is 0 Å². The lowest BCUT2D eigenvalue weighted by Crippen LogP contribution is -1.86. The molecule has 13 heavy (non-hydrogen) atoms. The fraction of sp³-hybridized carbons (Fsp3) is 0. The molecule has 0 bridgehead atoms. The van der Waals surface area contributed by atoms with E-state index >= 15 is 0 Å². The predicted molar refractivity (Wildman–Crippen MR) is 49.6 cm³/mol. The molecule has 0 saturated heterocycles. The number of benzene rings is 1. The minimum atomic E-state index is 0.749. The Morgan fingerprint density at radius 1 is 0.846 bits per heavy atom. The standard InChI is InChI=1S/C6H8N2.C2H2N2O/c7-5-1-2-6(8)4-3-5;1-3-4-2-5-1/h1-4H,7-8H2;1-2H. The molecular weight excluding hydrogens is 168 g/mol. The average Bonchev–Trinajstić information content (AvgIpc) is 2.68. The van der Waals surface area contributed by atoms with Crippen LogP contribution in [0.4, 0.5) is 11.4 Å². The van der Waals surface area contributed by atoms with Gasteiger partial charge in [-0.3, -0.25) is 0 Å². The van der Waals surface area contributed by atoms with Gasteiger partial charge >= 0.3 is 0 Å². The number of nitrogens with two attached hydrogens (primary N) is 2. The van der Waals surface area contributed by atoms with Gasteiger partial charge < -0.3 is 15.9 Å². The highest BCUT2D eigenvalue weighted by atomic mass is 16.3. The molecule has 1 heterocycles. The second kappa shape index (κ2) is 4.76. The van der Waals surface area contributed by atoms with E-state index in [4.69, 9.17) is 11.5 Å². The summed E-state index contributed by atoms with van der Waals surface area (Å²) in [5.74, 6) is 0. The van der Waals surface area contributed by atoms with Gasteiger partial charge in [-0.05, 0) is 24.3 Å². The Balaban J connectivity index is 0.000000145. The summed E-state index contributed by atoms with van der Waals surface area (Å²) in [6, 6.07) is 7.09. The maximum Gasteiger partial charge on any atom is 0.203 e. The zero-order chi connectivity index (χ0) is 9.52. The van der Waals surface area contributed by atoms with Crippen molar-refractivity contribution in [3.63, 3.8) is 0 Å². The number of nitrogen functional groups attached to an aromatic ring is 2. The van der Waals surface area contributed by atoms with Crippen LogP contribution < -0.4 is 11.5 Å². The highest BCUT2D eigenvalue weighted by Crippen LogP contribution is 2.04. The van der Waals surface area contributed by atoms with E-state index in [-0.39, 0.29) is 0 Å². The van der Waals surface area contributed by atoms with E-state index in [9.17, 15) is 0 Å². The van der Waals surface area contributed by atoms with Crippen molar-refractivity contribution in [2.24, 2.45) is 0 Å². The van der Waals surface area contributed by atoms with Crippen molar-refractivity contribution in [3.8, 4) is 0 Å². The molecule has 4 N–H and O–H groups in total. The SMILES string of the molecule is Nc1ccc(N)cc1.c1nnco1. The molecule has 0 saturated carbocycles. The van der Waals surface area contributed by atoms with Gasteiger partial charge in [-0.1, -0.05) is 0 Å². The molecule has 1 aromatic carbocycles. The fourth-order valence-electron chi connectivity index (χ4n) is 0.632. The fourth-order valence-corrected chi connectivity index (χ4v) is 0.632. The summed E-state index contributed by atoms with van der Waals surface area (Å²) >= 11 is 0. The lowest BCUT2D eigenvalue weighted by Gasteiger charge is -1.90. The lowest BCUT2D eigenvalue weighted by molar-refractivity contribution is 0.553. The van der Waals surface area contributed by atoms with Crippen LogP contribution in [-0.2, 0) is 0 Å². The molecule has 0 spiro atoms. The van der Waals surface area contributed by atoms with Gasteiger partial charge in [0.25, 0.3) is 0 Å². The highest BCUT2D eigenvalue weighted by Gasteiger charge is 1.80. The van der Waals surface area contributed by atoms with E-state index < -0.39 is 0 Å². The largest absolute Gasteiger partial charge is 0.431 e. The molecule has 0 amide bonds. The van der Waals surface area contributed by atoms with E-state index in [0.717, 1.165) is 11.4 Å². The highest BCUT2D eigenvalue weighted by molar-refractivity contribution is 5.47. The van der Waals surface area contributed by atoms with Gasteiger partial charge in [-0.25, -0.2) is 0 Å². The van der Waals surface area contributed by atoms with Crippen LogP contribution in [0.15, 0.2) is 41.5 Å². The second-order valence-electron chi connectivity index (χ2n) is 2.24. The van der Waals surface area contributed by atoms with E-state index in [0.29, 0.717) is 0 Å². The molecule has 0 fully saturated rings. The van der Waals surface area contributed by atoms with E-state index in [1.54, 1.807) is 24.3 Å². The molecule has 68 valence electrons. The summed E-state index contributed by atoms with van der Waals surface area (Å²) in [5.41, 5.74) is 12.2. The van der Waals surface area contributed by atoms with Crippen molar-refractivity contribution >= 4 is 11.4 Å². The van der Waals surface area contributed by atoms with Crippen molar-refractivity contribution in [2.75, 3.05) is 11.5 Å². The number of anilines is 2. The third-order valence-electron chi connectivity index (χ3n) is 1.22. The zero-order valence-corrected chi connectivity index (χ0v) is 6.92. The van der Waals surface area contributed by atoms with Gasteiger partial charge in [0.1, 0.15) is 0 Å². The van der Waals surface area contributed by atoms with Crippen molar-refractivity contribution < 1.29 is 4.42 Å². The van der Waals surface area contributed by atoms with Crippen LogP contribution in [0.5, 0.6) is 0 Å². The third kappa shape index (κ3) is 3.76. The Bertz CT molecular complexity index is 278. The van der Waals surface area contributed by atoms with Gasteiger partial charge in [-0.2, -0.15) is 0 Å². The molecule has 0 aliphatic rings. The maximum atomic E-state index is 5.37. The first-order chi connectivity index (χ1) is 6.29. The molecule has 0 atom stereocenters. The van der Waals surface area contributed by atoms with Crippen LogP contribution in [0.3, 0.4) is 0 Å². The minimum absolute atomic E-state index is 0.749. The quantitative estimate of drug-likeness (QED) is 0.585. The number of aromatic nitrogens is 2. The zero-order valence-electron chi connectivity index (χ0n) is 6.92. The van der Waals surface area contributed by atoms with Crippen LogP contribution in [0.2, 0.25) is 0 Å². The van der Waals surface area contributed by atoms with Crippen LogP contribution in [0.25, 0.3) is 0 Å². The normalized spacial score (nSPS) is 8.62. The van der Waals surface area contributed by atoms with Crippen molar-refractivity contribution in [1.82, 2.24) is 10.2 Å². The molecule has 5 heteroatoms. The summed E-state index contributed by atoms with van der Waals surface area (Å²) in [6.45, 7) is 0. The monoisotopic (exact) mass is 178 g/mol. The molecule has 5 nitrogen and oxygen atoms in total. The number of rotatable bonds is 0. The second-order valence-corrected chi connectivity index (χ2v) is 2.24.